The van der Waals surface area contributed by atoms with Crippen LogP contribution < -0.4 is 10.2 Å². The molecule has 0 spiro atoms. The zero-order valence-corrected chi connectivity index (χ0v) is 14.0. The quantitative estimate of drug-likeness (QED) is 0.568. The number of fused-ring (bicyclic) bond motifs is 1. The van der Waals surface area contributed by atoms with Crippen molar-refractivity contribution in [2.24, 2.45) is 4.99 Å². The van der Waals surface area contributed by atoms with Crippen molar-refractivity contribution in [3.8, 4) is 0 Å². The number of aromatic amines is 1. The molecule has 0 saturated carbocycles. The average molecular weight is 320 g/mol. The number of aromatic nitrogens is 1. The normalized spacial score (nSPS) is 11.5. The molecule has 5 nitrogen and oxygen atoms in total. The van der Waals surface area contributed by atoms with Gasteiger partial charge in [-0.1, -0.05) is 18.2 Å². The number of rotatable bonds is 3. The van der Waals surface area contributed by atoms with Crippen molar-refractivity contribution < 1.29 is 4.79 Å². The molecule has 0 fully saturated rings. The van der Waals surface area contributed by atoms with Crippen LogP contribution in [0.4, 0.5) is 11.4 Å². The van der Waals surface area contributed by atoms with Crippen LogP contribution in [0, 0.1) is 0 Å². The van der Waals surface area contributed by atoms with Gasteiger partial charge in [0.2, 0.25) is 0 Å². The lowest BCUT2D eigenvalue weighted by molar-refractivity contribution is 0.102. The standard InChI is InChI=1S/C19H20N4O/c1-13(20-2)23(3)16-10-8-15(9-11-16)21-19(24)18-12-14-6-4-5-7-17(14)22-18/h4-12,22H,1-3H3,(H,21,24). The second-order valence-electron chi connectivity index (χ2n) is 5.60. The van der Waals surface area contributed by atoms with E-state index in [0.717, 1.165) is 28.1 Å². The Balaban J connectivity index is 1.74. The summed E-state index contributed by atoms with van der Waals surface area (Å²) in [5.41, 5.74) is 3.27. The van der Waals surface area contributed by atoms with Crippen LogP contribution in [0.3, 0.4) is 0 Å². The molecule has 3 rings (SSSR count). The third-order valence-electron chi connectivity index (χ3n) is 4.10. The van der Waals surface area contributed by atoms with Crippen LogP contribution in [0.2, 0.25) is 0 Å². The number of hydrogen-bond donors (Lipinski definition) is 2. The monoisotopic (exact) mass is 320 g/mol. The molecule has 5 heteroatoms. The summed E-state index contributed by atoms with van der Waals surface area (Å²) in [4.78, 5) is 21.7. The van der Waals surface area contributed by atoms with Crippen LogP contribution in [-0.4, -0.2) is 30.8 Å². The third-order valence-corrected chi connectivity index (χ3v) is 4.10. The van der Waals surface area contributed by atoms with Gasteiger partial charge in [0.1, 0.15) is 5.69 Å². The number of nitrogens with zero attached hydrogens (tertiary/aromatic N) is 2. The van der Waals surface area contributed by atoms with Crippen molar-refractivity contribution in [3.05, 3.63) is 60.3 Å². The second kappa shape index (κ2) is 6.58. The zero-order valence-electron chi connectivity index (χ0n) is 14.0. The van der Waals surface area contributed by atoms with E-state index in [2.05, 4.69) is 15.3 Å². The number of H-pyrrole nitrogens is 1. The van der Waals surface area contributed by atoms with Gasteiger partial charge in [0, 0.05) is 36.4 Å². The first kappa shape index (κ1) is 15.8. The van der Waals surface area contributed by atoms with E-state index in [1.807, 2.05) is 73.5 Å². The highest BCUT2D eigenvalue weighted by Gasteiger charge is 2.10. The van der Waals surface area contributed by atoms with Gasteiger partial charge in [-0.2, -0.15) is 0 Å². The largest absolute Gasteiger partial charge is 0.351 e. The predicted octanol–water partition coefficient (Wildman–Crippen LogP) is 3.90. The smallest absolute Gasteiger partial charge is 0.272 e. The zero-order chi connectivity index (χ0) is 17.1. The molecule has 0 atom stereocenters. The molecule has 0 radical (unpaired) electrons. The van der Waals surface area contributed by atoms with Crippen LogP contribution in [-0.2, 0) is 0 Å². The maximum atomic E-state index is 12.4. The fourth-order valence-corrected chi connectivity index (χ4v) is 2.50. The molecule has 0 aliphatic carbocycles. The van der Waals surface area contributed by atoms with Crippen LogP contribution in [0.1, 0.15) is 17.4 Å². The number of para-hydroxylation sites is 1. The summed E-state index contributed by atoms with van der Waals surface area (Å²) in [6, 6.07) is 17.4. The Morgan fingerprint density at radius 1 is 1.12 bits per heavy atom. The number of nitrogens with one attached hydrogen (secondary N) is 2. The molecule has 0 aliphatic rings. The van der Waals surface area contributed by atoms with E-state index in [1.165, 1.54) is 0 Å². The summed E-state index contributed by atoms with van der Waals surface area (Å²) in [5.74, 6) is 0.767. The number of hydrogen-bond acceptors (Lipinski definition) is 2. The molecule has 0 aliphatic heterocycles. The first-order chi connectivity index (χ1) is 11.6. The van der Waals surface area contributed by atoms with E-state index < -0.39 is 0 Å². The van der Waals surface area contributed by atoms with Crippen molar-refractivity contribution in [1.82, 2.24) is 4.98 Å². The fraction of sp³-hybridized carbons (Fsp3) is 0.158. The van der Waals surface area contributed by atoms with Gasteiger partial charge in [0.25, 0.3) is 5.91 Å². The van der Waals surface area contributed by atoms with Crippen LogP contribution >= 0.6 is 0 Å². The highest BCUT2D eigenvalue weighted by Crippen LogP contribution is 2.19. The third kappa shape index (κ3) is 3.15. The molecule has 3 aromatic rings. The van der Waals surface area contributed by atoms with Crippen LogP contribution in [0.15, 0.2) is 59.6 Å². The number of amides is 1. The Labute approximate surface area is 141 Å². The number of carbonyl (C=O) groups excluding carboxylic acids is 1. The highest BCUT2D eigenvalue weighted by molar-refractivity contribution is 6.06. The van der Waals surface area contributed by atoms with Gasteiger partial charge < -0.3 is 15.2 Å². The summed E-state index contributed by atoms with van der Waals surface area (Å²) in [6.45, 7) is 1.95. The number of aliphatic imine (C=N–C) groups is 1. The molecular weight excluding hydrogens is 300 g/mol. The van der Waals surface area contributed by atoms with E-state index in [1.54, 1.807) is 7.05 Å². The van der Waals surface area contributed by atoms with Gasteiger partial charge in [0.15, 0.2) is 0 Å². The van der Waals surface area contributed by atoms with Gasteiger partial charge in [-0.05, 0) is 43.3 Å². The molecule has 2 aromatic carbocycles. The minimum atomic E-state index is -0.154. The first-order valence-corrected chi connectivity index (χ1v) is 7.75. The average Bonchev–Trinajstić information content (AvgIpc) is 3.05. The van der Waals surface area contributed by atoms with E-state index in [-0.39, 0.29) is 5.91 Å². The molecular formula is C19H20N4O. The Bertz CT molecular complexity index is 860. The van der Waals surface area contributed by atoms with Crippen molar-refractivity contribution in [3.63, 3.8) is 0 Å². The second-order valence-corrected chi connectivity index (χ2v) is 5.60. The van der Waals surface area contributed by atoms with E-state index in [9.17, 15) is 4.79 Å². The SMILES string of the molecule is CN=C(C)N(C)c1ccc(NC(=O)c2cc3ccccc3[nH]2)cc1. The van der Waals surface area contributed by atoms with Gasteiger partial charge in [0.05, 0.1) is 5.84 Å². The van der Waals surface area contributed by atoms with Crippen molar-refractivity contribution >= 4 is 34.0 Å². The molecule has 1 aromatic heterocycles. The summed E-state index contributed by atoms with van der Waals surface area (Å²) >= 11 is 0. The van der Waals surface area contributed by atoms with Crippen LogP contribution in [0.5, 0.6) is 0 Å². The Hall–Kier alpha value is -3.08. The lowest BCUT2D eigenvalue weighted by atomic mass is 10.2. The van der Waals surface area contributed by atoms with Crippen molar-refractivity contribution in [2.75, 3.05) is 24.3 Å². The van der Waals surface area contributed by atoms with Crippen molar-refractivity contribution in [2.45, 2.75) is 6.92 Å². The number of benzene rings is 2. The molecule has 0 saturated heterocycles. The maximum Gasteiger partial charge on any atom is 0.272 e. The Morgan fingerprint density at radius 3 is 2.50 bits per heavy atom. The Morgan fingerprint density at radius 2 is 1.83 bits per heavy atom. The molecule has 1 amide bonds. The fourth-order valence-electron chi connectivity index (χ4n) is 2.50. The molecule has 2 N–H and O–H groups in total. The topological polar surface area (TPSA) is 60.5 Å². The van der Waals surface area contributed by atoms with Gasteiger partial charge >= 0.3 is 0 Å². The van der Waals surface area contributed by atoms with E-state index in [4.69, 9.17) is 0 Å². The maximum absolute atomic E-state index is 12.4. The summed E-state index contributed by atoms with van der Waals surface area (Å²) in [5, 5.41) is 3.93. The summed E-state index contributed by atoms with van der Waals surface area (Å²) in [6.07, 6.45) is 0. The number of amidine groups is 1. The predicted molar refractivity (Wildman–Crippen MR) is 100 cm³/mol. The minimum absolute atomic E-state index is 0.154. The molecule has 24 heavy (non-hydrogen) atoms. The van der Waals surface area contributed by atoms with E-state index >= 15 is 0 Å². The van der Waals surface area contributed by atoms with Crippen LogP contribution in [0.25, 0.3) is 10.9 Å². The molecule has 1 heterocycles. The lowest BCUT2D eigenvalue weighted by Gasteiger charge is -2.18. The molecule has 0 unspecified atom stereocenters. The van der Waals surface area contributed by atoms with E-state index in [0.29, 0.717) is 5.69 Å². The van der Waals surface area contributed by atoms with Gasteiger partial charge in [-0.25, -0.2) is 0 Å². The lowest BCUT2D eigenvalue weighted by Crippen LogP contribution is -2.23. The number of carbonyl (C=O) groups is 1. The summed E-state index contributed by atoms with van der Waals surface area (Å²) < 4.78 is 0. The Kier molecular flexibility index (Phi) is 4.33. The summed E-state index contributed by atoms with van der Waals surface area (Å²) in [7, 11) is 3.72. The first-order valence-electron chi connectivity index (χ1n) is 7.75. The highest BCUT2D eigenvalue weighted by atomic mass is 16.1. The molecule has 122 valence electrons. The molecule has 0 bridgehead atoms. The van der Waals surface area contributed by atoms with Gasteiger partial charge in [-0.3, -0.25) is 9.79 Å². The van der Waals surface area contributed by atoms with Gasteiger partial charge in [-0.15, -0.1) is 0 Å². The number of anilines is 2. The minimum Gasteiger partial charge on any atom is -0.351 e. The van der Waals surface area contributed by atoms with Crippen molar-refractivity contribution in [1.29, 1.82) is 0 Å².